The predicted octanol–water partition coefficient (Wildman–Crippen LogP) is 2.51. The average Bonchev–Trinajstić information content (AvgIpc) is 2.44. The summed E-state index contributed by atoms with van der Waals surface area (Å²) in [5.74, 6) is 3.18. The average molecular weight is 291 g/mol. The molecule has 2 aliphatic heterocycles. The second-order valence-electron chi connectivity index (χ2n) is 5.87. The molecule has 0 bridgehead atoms. The smallest absolute Gasteiger partial charge is 0.223 e. The lowest BCUT2D eigenvalue weighted by Gasteiger charge is -2.41. The molecule has 3 rings (SSSR count). The van der Waals surface area contributed by atoms with Crippen LogP contribution in [0.25, 0.3) is 0 Å². The van der Waals surface area contributed by atoms with Gasteiger partial charge in [-0.15, -0.1) is 0 Å². The minimum absolute atomic E-state index is 0.292. The first-order chi connectivity index (χ1) is 9.67. The molecule has 0 N–H and O–H groups in total. The van der Waals surface area contributed by atoms with Crippen LogP contribution in [0, 0.1) is 5.92 Å². The van der Waals surface area contributed by atoms with Crippen molar-refractivity contribution in [2.24, 2.45) is 5.92 Å². The first kappa shape index (κ1) is 14.0. The maximum atomic E-state index is 12.4. The Hall–Kier alpha value is -1.000. The number of carbonyl (C=O) groups excluding carboxylic acids is 1. The highest BCUT2D eigenvalue weighted by molar-refractivity contribution is 8.00. The molecule has 1 unspecified atom stereocenters. The van der Waals surface area contributed by atoms with Crippen LogP contribution in [0.4, 0.5) is 0 Å². The third-order valence-corrected chi connectivity index (χ3v) is 5.60. The highest BCUT2D eigenvalue weighted by Gasteiger charge is 2.36. The number of ether oxygens (including phenoxy) is 1. The van der Waals surface area contributed by atoms with Crippen LogP contribution in [0.1, 0.15) is 18.9 Å². The Morgan fingerprint density at radius 1 is 1.40 bits per heavy atom. The molecule has 2 aliphatic rings. The topological polar surface area (TPSA) is 29.5 Å². The summed E-state index contributed by atoms with van der Waals surface area (Å²) in [6, 6.07) is 10.2. The van der Waals surface area contributed by atoms with Crippen molar-refractivity contribution in [3.8, 4) is 0 Å². The summed E-state index contributed by atoms with van der Waals surface area (Å²) in [4.78, 5) is 14.4. The lowest BCUT2D eigenvalue weighted by molar-refractivity contribution is -0.150. The molecule has 1 atom stereocenters. The number of nitrogens with zero attached hydrogens (tertiary/aromatic N) is 1. The first-order valence-corrected chi connectivity index (χ1v) is 8.38. The van der Waals surface area contributed by atoms with E-state index in [1.54, 1.807) is 0 Å². The summed E-state index contributed by atoms with van der Waals surface area (Å²) < 4.78 is 5.98. The number of benzene rings is 1. The van der Waals surface area contributed by atoms with Gasteiger partial charge in [0.2, 0.25) is 5.91 Å². The van der Waals surface area contributed by atoms with Gasteiger partial charge in [0.05, 0.1) is 13.2 Å². The summed E-state index contributed by atoms with van der Waals surface area (Å²) in [6.07, 6.45) is 0.706. The summed E-state index contributed by atoms with van der Waals surface area (Å²) >= 11 is 1.94. The third-order valence-electron chi connectivity index (χ3n) is 4.18. The minimum atomic E-state index is -0.371. The predicted molar refractivity (Wildman–Crippen MR) is 81.8 cm³/mol. The number of morpholine rings is 1. The van der Waals surface area contributed by atoms with Crippen LogP contribution in [0.5, 0.6) is 0 Å². The highest BCUT2D eigenvalue weighted by atomic mass is 32.2. The van der Waals surface area contributed by atoms with Crippen molar-refractivity contribution in [3.63, 3.8) is 0 Å². The molecule has 1 aromatic rings. The number of thioether (sulfide) groups is 1. The van der Waals surface area contributed by atoms with Gasteiger partial charge in [-0.2, -0.15) is 11.8 Å². The summed E-state index contributed by atoms with van der Waals surface area (Å²) in [5.41, 5.74) is 0.778. The van der Waals surface area contributed by atoms with Crippen LogP contribution in [-0.2, 0) is 15.1 Å². The first-order valence-electron chi connectivity index (χ1n) is 7.22. The fourth-order valence-electron chi connectivity index (χ4n) is 2.83. The lowest BCUT2D eigenvalue weighted by Crippen LogP contribution is -2.51. The van der Waals surface area contributed by atoms with Crippen LogP contribution in [-0.4, -0.2) is 42.0 Å². The van der Waals surface area contributed by atoms with Gasteiger partial charge < -0.3 is 9.64 Å². The largest absolute Gasteiger partial charge is 0.367 e. The molecule has 0 spiro atoms. The number of rotatable bonds is 3. The molecule has 108 valence electrons. The van der Waals surface area contributed by atoms with Crippen molar-refractivity contribution in [2.45, 2.75) is 18.9 Å². The Bertz CT molecular complexity index is 475. The van der Waals surface area contributed by atoms with Crippen LogP contribution >= 0.6 is 11.8 Å². The molecule has 2 saturated heterocycles. The fraction of sp³-hybridized carbons (Fsp3) is 0.562. The van der Waals surface area contributed by atoms with Crippen molar-refractivity contribution in [3.05, 3.63) is 35.9 Å². The molecule has 2 fully saturated rings. The molecule has 3 nitrogen and oxygen atoms in total. The Balaban J connectivity index is 1.67. The summed E-state index contributed by atoms with van der Waals surface area (Å²) in [6.45, 7) is 4.09. The Morgan fingerprint density at radius 2 is 2.15 bits per heavy atom. The Kier molecular flexibility index (Phi) is 4.03. The van der Waals surface area contributed by atoms with Crippen LogP contribution in [0.3, 0.4) is 0 Å². The van der Waals surface area contributed by atoms with E-state index in [-0.39, 0.29) is 5.60 Å². The van der Waals surface area contributed by atoms with Gasteiger partial charge in [-0.05, 0) is 29.9 Å². The second-order valence-corrected chi connectivity index (χ2v) is 6.94. The molecule has 2 heterocycles. The maximum absolute atomic E-state index is 12.4. The molecule has 1 amide bonds. The number of carbonyl (C=O) groups is 1. The van der Waals surface area contributed by atoms with Crippen LogP contribution < -0.4 is 0 Å². The molecule has 1 aromatic carbocycles. The van der Waals surface area contributed by atoms with Gasteiger partial charge in [0.25, 0.3) is 0 Å². The molecule has 0 radical (unpaired) electrons. The van der Waals surface area contributed by atoms with Crippen molar-refractivity contribution < 1.29 is 9.53 Å². The standard InChI is InChI=1S/C16H21NO2S/c1-16(14-5-3-2-4-6-14)12-17(7-8-19-16)15(18)9-13-10-20-11-13/h2-6,13H,7-12H2,1H3. The molecule has 0 aromatic heterocycles. The van der Waals surface area contributed by atoms with E-state index in [4.69, 9.17) is 4.74 Å². The summed E-state index contributed by atoms with van der Waals surface area (Å²) in [7, 11) is 0. The lowest BCUT2D eigenvalue weighted by atomic mass is 9.93. The van der Waals surface area contributed by atoms with Gasteiger partial charge in [-0.1, -0.05) is 30.3 Å². The molecule has 0 aliphatic carbocycles. The second kappa shape index (κ2) is 5.78. The zero-order valence-electron chi connectivity index (χ0n) is 11.9. The molecule has 0 saturated carbocycles. The van der Waals surface area contributed by atoms with Crippen molar-refractivity contribution in [1.82, 2.24) is 4.90 Å². The zero-order chi connectivity index (χ0) is 14.0. The Labute approximate surface area is 124 Å². The maximum Gasteiger partial charge on any atom is 0.223 e. The van der Waals surface area contributed by atoms with Crippen LogP contribution in [0.15, 0.2) is 30.3 Å². The van der Waals surface area contributed by atoms with Gasteiger partial charge in [0.15, 0.2) is 0 Å². The van der Waals surface area contributed by atoms with Crippen molar-refractivity contribution in [1.29, 1.82) is 0 Å². The third kappa shape index (κ3) is 2.86. The van der Waals surface area contributed by atoms with Gasteiger partial charge in [-0.3, -0.25) is 4.79 Å². The van der Waals surface area contributed by atoms with Crippen LogP contribution in [0.2, 0.25) is 0 Å². The van der Waals surface area contributed by atoms with E-state index in [0.717, 1.165) is 23.6 Å². The number of hydrogen-bond donors (Lipinski definition) is 0. The van der Waals surface area contributed by atoms with E-state index in [0.29, 0.717) is 31.4 Å². The molecule has 4 heteroatoms. The molecule has 20 heavy (non-hydrogen) atoms. The Morgan fingerprint density at radius 3 is 2.80 bits per heavy atom. The van der Waals surface area contributed by atoms with Crippen molar-refractivity contribution >= 4 is 17.7 Å². The molecular weight excluding hydrogens is 270 g/mol. The van der Waals surface area contributed by atoms with Gasteiger partial charge in [-0.25, -0.2) is 0 Å². The van der Waals surface area contributed by atoms with E-state index >= 15 is 0 Å². The normalized spacial score (nSPS) is 27.1. The number of amides is 1. The van der Waals surface area contributed by atoms with E-state index in [2.05, 4.69) is 19.1 Å². The van der Waals surface area contributed by atoms with E-state index in [9.17, 15) is 4.79 Å². The van der Waals surface area contributed by atoms with E-state index in [1.807, 2.05) is 34.9 Å². The highest BCUT2D eigenvalue weighted by Crippen LogP contribution is 2.31. The van der Waals surface area contributed by atoms with E-state index in [1.165, 1.54) is 0 Å². The molecular formula is C16H21NO2S. The number of hydrogen-bond acceptors (Lipinski definition) is 3. The van der Waals surface area contributed by atoms with E-state index < -0.39 is 0 Å². The SMILES string of the molecule is CC1(c2ccccc2)CN(C(=O)CC2CSC2)CCO1. The van der Waals surface area contributed by atoms with Gasteiger partial charge in [0.1, 0.15) is 5.60 Å². The van der Waals surface area contributed by atoms with Crippen molar-refractivity contribution in [2.75, 3.05) is 31.2 Å². The quantitative estimate of drug-likeness (QED) is 0.857. The zero-order valence-corrected chi connectivity index (χ0v) is 12.7. The van der Waals surface area contributed by atoms with Gasteiger partial charge in [0, 0.05) is 13.0 Å². The fourth-order valence-corrected chi connectivity index (χ4v) is 3.63. The van der Waals surface area contributed by atoms with Gasteiger partial charge >= 0.3 is 0 Å². The minimum Gasteiger partial charge on any atom is -0.367 e. The summed E-state index contributed by atoms with van der Waals surface area (Å²) in [5, 5.41) is 0. The monoisotopic (exact) mass is 291 g/mol.